The summed E-state index contributed by atoms with van der Waals surface area (Å²) in [4.78, 5) is 0. The third-order valence-electron chi connectivity index (χ3n) is 4.34. The normalized spacial score (nSPS) is 13.2. The van der Waals surface area contributed by atoms with Crippen LogP contribution in [0.25, 0.3) is 0 Å². The van der Waals surface area contributed by atoms with Crippen molar-refractivity contribution < 1.29 is 9.50 Å². The number of hydrogen-bond donors (Lipinski definition) is 1. The number of halogens is 1. The minimum atomic E-state index is -0.926. The van der Waals surface area contributed by atoms with E-state index in [-0.39, 0.29) is 11.2 Å². The van der Waals surface area contributed by atoms with Gasteiger partial charge >= 0.3 is 0 Å². The summed E-state index contributed by atoms with van der Waals surface area (Å²) >= 11 is 0. The maximum Gasteiger partial charge on any atom is 0.129 e. The van der Waals surface area contributed by atoms with E-state index in [1.807, 2.05) is 37.3 Å². The van der Waals surface area contributed by atoms with Gasteiger partial charge in [-0.05, 0) is 41.5 Å². The lowest BCUT2D eigenvalue weighted by Gasteiger charge is -2.24. The number of hydrogen-bond acceptors (Lipinski definition) is 1. The van der Waals surface area contributed by atoms with E-state index in [1.165, 1.54) is 11.6 Å². The maximum absolute atomic E-state index is 13.9. The van der Waals surface area contributed by atoms with Crippen molar-refractivity contribution in [3.8, 4) is 0 Å². The van der Waals surface area contributed by atoms with Crippen LogP contribution in [-0.4, -0.2) is 5.11 Å². The van der Waals surface area contributed by atoms with Crippen LogP contribution in [0, 0.1) is 12.7 Å². The summed E-state index contributed by atoms with van der Waals surface area (Å²) in [6.45, 7) is 8.38. The number of benzene rings is 2. The lowest BCUT2D eigenvalue weighted by Crippen LogP contribution is -2.15. The van der Waals surface area contributed by atoms with Gasteiger partial charge < -0.3 is 5.11 Å². The minimum Gasteiger partial charge on any atom is -0.384 e. The van der Waals surface area contributed by atoms with Gasteiger partial charge in [0, 0.05) is 5.56 Å². The first kappa shape index (κ1) is 15.7. The van der Waals surface area contributed by atoms with Gasteiger partial charge in [-0.15, -0.1) is 0 Å². The zero-order valence-corrected chi connectivity index (χ0v) is 13.2. The van der Waals surface area contributed by atoms with Crippen LogP contribution in [0.2, 0.25) is 0 Å². The Kier molecular flexibility index (Phi) is 4.48. The molecule has 0 saturated carbocycles. The average molecular weight is 286 g/mol. The molecule has 1 atom stereocenters. The summed E-state index contributed by atoms with van der Waals surface area (Å²) in [5, 5.41) is 10.4. The molecule has 1 N–H and O–H groups in total. The third kappa shape index (κ3) is 3.33. The van der Waals surface area contributed by atoms with Gasteiger partial charge in [0.15, 0.2) is 0 Å². The molecule has 2 rings (SSSR count). The van der Waals surface area contributed by atoms with Crippen molar-refractivity contribution in [3.05, 3.63) is 70.5 Å². The molecule has 0 aliphatic carbocycles. The predicted molar refractivity (Wildman–Crippen MR) is 85.0 cm³/mol. The second-order valence-electron chi connectivity index (χ2n) is 6.29. The molecule has 2 heteroatoms. The standard InChI is InChI=1S/C19H23FO/c1-5-19(3,4)15-9-7-14(8-10-15)18(21)16-11-6-13(2)12-17(16)20/h6-12,18,21H,5H2,1-4H3. The number of aryl methyl sites for hydroxylation is 1. The maximum atomic E-state index is 13.9. The molecule has 0 aliphatic heterocycles. The van der Waals surface area contributed by atoms with Crippen LogP contribution in [0.4, 0.5) is 4.39 Å². The molecule has 1 unspecified atom stereocenters. The Morgan fingerprint density at radius 2 is 1.71 bits per heavy atom. The van der Waals surface area contributed by atoms with Gasteiger partial charge in [0.2, 0.25) is 0 Å². The Bertz CT molecular complexity index is 614. The smallest absolute Gasteiger partial charge is 0.129 e. The molecule has 0 aliphatic rings. The average Bonchev–Trinajstić information content (AvgIpc) is 2.47. The minimum absolute atomic E-state index is 0.110. The monoisotopic (exact) mass is 286 g/mol. The van der Waals surface area contributed by atoms with Gasteiger partial charge in [-0.1, -0.05) is 57.2 Å². The molecular formula is C19H23FO. The molecule has 2 aromatic carbocycles. The van der Waals surface area contributed by atoms with Crippen molar-refractivity contribution in [2.24, 2.45) is 0 Å². The van der Waals surface area contributed by atoms with E-state index in [2.05, 4.69) is 20.8 Å². The van der Waals surface area contributed by atoms with E-state index in [0.717, 1.165) is 12.0 Å². The molecule has 0 spiro atoms. The predicted octanol–water partition coefficient (Wildman–Crippen LogP) is 4.90. The first-order valence-electron chi connectivity index (χ1n) is 7.39. The van der Waals surface area contributed by atoms with Crippen molar-refractivity contribution in [1.29, 1.82) is 0 Å². The fourth-order valence-corrected chi connectivity index (χ4v) is 2.35. The lowest BCUT2D eigenvalue weighted by atomic mass is 9.81. The zero-order chi connectivity index (χ0) is 15.6. The van der Waals surface area contributed by atoms with Gasteiger partial charge in [0.1, 0.15) is 11.9 Å². The summed E-state index contributed by atoms with van der Waals surface area (Å²) in [5.74, 6) is -0.361. The van der Waals surface area contributed by atoms with Gasteiger partial charge in [-0.2, -0.15) is 0 Å². The molecular weight excluding hydrogens is 263 g/mol. The van der Waals surface area contributed by atoms with Gasteiger partial charge in [0.05, 0.1) is 0 Å². The second-order valence-corrected chi connectivity index (χ2v) is 6.29. The van der Waals surface area contributed by atoms with Crippen LogP contribution in [0.3, 0.4) is 0 Å². The first-order valence-corrected chi connectivity index (χ1v) is 7.39. The molecule has 0 bridgehead atoms. The molecule has 0 radical (unpaired) electrons. The van der Waals surface area contributed by atoms with Crippen LogP contribution < -0.4 is 0 Å². The Morgan fingerprint density at radius 1 is 1.10 bits per heavy atom. The fraction of sp³-hybridized carbons (Fsp3) is 0.368. The van der Waals surface area contributed by atoms with E-state index in [0.29, 0.717) is 11.1 Å². The van der Waals surface area contributed by atoms with Gasteiger partial charge in [-0.3, -0.25) is 0 Å². The van der Waals surface area contributed by atoms with Crippen LogP contribution in [0.15, 0.2) is 42.5 Å². The van der Waals surface area contributed by atoms with Crippen molar-refractivity contribution >= 4 is 0 Å². The van der Waals surface area contributed by atoms with Crippen LogP contribution in [-0.2, 0) is 5.41 Å². The van der Waals surface area contributed by atoms with Crippen molar-refractivity contribution in [2.45, 2.75) is 45.6 Å². The molecule has 0 fully saturated rings. The molecule has 0 amide bonds. The fourth-order valence-electron chi connectivity index (χ4n) is 2.35. The highest BCUT2D eigenvalue weighted by Gasteiger charge is 2.19. The summed E-state index contributed by atoms with van der Waals surface area (Å²) in [7, 11) is 0. The third-order valence-corrected chi connectivity index (χ3v) is 4.34. The van der Waals surface area contributed by atoms with Gasteiger partial charge in [-0.25, -0.2) is 4.39 Å². The number of aliphatic hydroxyl groups is 1. The Hall–Kier alpha value is -1.67. The molecule has 0 aromatic heterocycles. The first-order chi connectivity index (χ1) is 9.85. The topological polar surface area (TPSA) is 20.2 Å². The quantitative estimate of drug-likeness (QED) is 0.847. The highest BCUT2D eigenvalue weighted by Crippen LogP contribution is 2.30. The van der Waals surface area contributed by atoms with E-state index in [1.54, 1.807) is 6.07 Å². The van der Waals surface area contributed by atoms with E-state index >= 15 is 0 Å². The Balaban J connectivity index is 2.30. The molecule has 112 valence electrons. The van der Waals surface area contributed by atoms with E-state index in [4.69, 9.17) is 0 Å². The summed E-state index contributed by atoms with van der Waals surface area (Å²) in [6, 6.07) is 12.7. The lowest BCUT2D eigenvalue weighted by molar-refractivity contribution is 0.215. The SMILES string of the molecule is CCC(C)(C)c1ccc(C(O)c2ccc(C)cc2F)cc1. The molecule has 2 aromatic rings. The molecule has 0 saturated heterocycles. The van der Waals surface area contributed by atoms with Crippen LogP contribution >= 0.6 is 0 Å². The molecule has 0 heterocycles. The van der Waals surface area contributed by atoms with Gasteiger partial charge in [0.25, 0.3) is 0 Å². The van der Waals surface area contributed by atoms with Crippen molar-refractivity contribution in [1.82, 2.24) is 0 Å². The van der Waals surface area contributed by atoms with Crippen molar-refractivity contribution in [3.63, 3.8) is 0 Å². The second kappa shape index (κ2) is 5.98. The number of rotatable bonds is 4. The molecule has 1 nitrogen and oxygen atoms in total. The number of aliphatic hydroxyl groups excluding tert-OH is 1. The summed E-state index contributed by atoms with van der Waals surface area (Å²) in [5.41, 5.74) is 3.23. The molecule has 21 heavy (non-hydrogen) atoms. The highest BCUT2D eigenvalue weighted by atomic mass is 19.1. The van der Waals surface area contributed by atoms with E-state index < -0.39 is 6.10 Å². The van der Waals surface area contributed by atoms with Crippen LogP contribution in [0.1, 0.15) is 55.5 Å². The van der Waals surface area contributed by atoms with Crippen LogP contribution in [0.5, 0.6) is 0 Å². The van der Waals surface area contributed by atoms with E-state index in [9.17, 15) is 9.50 Å². The van der Waals surface area contributed by atoms with Crippen molar-refractivity contribution in [2.75, 3.05) is 0 Å². The zero-order valence-electron chi connectivity index (χ0n) is 13.2. The summed E-state index contributed by atoms with van der Waals surface area (Å²) in [6.07, 6.45) is 0.117. The highest BCUT2D eigenvalue weighted by molar-refractivity contribution is 5.35. The Morgan fingerprint density at radius 3 is 2.24 bits per heavy atom. The Labute approximate surface area is 126 Å². The summed E-state index contributed by atoms with van der Waals surface area (Å²) < 4.78 is 13.9. The largest absolute Gasteiger partial charge is 0.384 e.